The average molecular weight is 277 g/mol. The molecule has 0 aliphatic carbocycles. The largest absolute Gasteiger partial charge is 0.343 e. The summed E-state index contributed by atoms with van der Waals surface area (Å²) in [6.45, 7) is 1.42. The van der Waals surface area contributed by atoms with E-state index in [-0.39, 0.29) is 11.8 Å². The number of nitriles is 1. The van der Waals surface area contributed by atoms with Gasteiger partial charge in [-0.25, -0.2) is 0 Å². The Balaban J connectivity index is 1.83. The summed E-state index contributed by atoms with van der Waals surface area (Å²) in [5, 5.41) is 9.55. The molecule has 1 aliphatic rings. The van der Waals surface area contributed by atoms with E-state index in [1.165, 1.54) is 0 Å². The number of benzene rings is 1. The van der Waals surface area contributed by atoms with Crippen LogP contribution >= 0.6 is 11.6 Å². The van der Waals surface area contributed by atoms with E-state index >= 15 is 0 Å². The Morgan fingerprint density at radius 1 is 1.37 bits per heavy atom. The van der Waals surface area contributed by atoms with Crippen molar-refractivity contribution in [3.63, 3.8) is 0 Å². The zero-order valence-electron chi connectivity index (χ0n) is 10.8. The van der Waals surface area contributed by atoms with Gasteiger partial charge >= 0.3 is 0 Å². The van der Waals surface area contributed by atoms with Crippen LogP contribution in [0.2, 0.25) is 5.02 Å². The van der Waals surface area contributed by atoms with E-state index in [2.05, 4.69) is 6.07 Å². The fourth-order valence-corrected chi connectivity index (χ4v) is 2.59. The van der Waals surface area contributed by atoms with Gasteiger partial charge < -0.3 is 4.90 Å². The van der Waals surface area contributed by atoms with E-state index in [4.69, 9.17) is 16.9 Å². The topological polar surface area (TPSA) is 44.1 Å². The molecule has 0 atom stereocenters. The predicted octanol–water partition coefficient (Wildman–Crippen LogP) is 3.03. The smallest absolute Gasteiger partial charge is 0.222 e. The highest BCUT2D eigenvalue weighted by atomic mass is 35.5. The number of rotatable bonds is 3. The molecule has 4 heteroatoms. The molecular weight excluding hydrogens is 260 g/mol. The second-order valence-electron chi connectivity index (χ2n) is 4.88. The van der Waals surface area contributed by atoms with Crippen LogP contribution < -0.4 is 0 Å². The Kier molecular flexibility index (Phi) is 4.81. The summed E-state index contributed by atoms with van der Waals surface area (Å²) >= 11 is 6.07. The number of carbonyl (C=O) groups excluding carboxylic acids is 1. The van der Waals surface area contributed by atoms with Crippen LogP contribution in [0.15, 0.2) is 24.3 Å². The zero-order valence-corrected chi connectivity index (χ0v) is 11.6. The van der Waals surface area contributed by atoms with Crippen molar-refractivity contribution in [2.75, 3.05) is 13.1 Å². The van der Waals surface area contributed by atoms with Gasteiger partial charge in [-0.1, -0.05) is 29.8 Å². The number of aryl methyl sites for hydroxylation is 1. The SMILES string of the molecule is N#CC1CCN(C(=O)CCc2ccccc2Cl)CC1. The molecule has 1 heterocycles. The number of nitrogens with zero attached hydrogens (tertiary/aromatic N) is 2. The Morgan fingerprint density at radius 2 is 2.05 bits per heavy atom. The molecule has 1 aliphatic heterocycles. The van der Waals surface area contributed by atoms with E-state index in [9.17, 15) is 4.79 Å². The number of hydrogen-bond acceptors (Lipinski definition) is 2. The number of piperidine rings is 1. The van der Waals surface area contributed by atoms with E-state index in [1.54, 1.807) is 0 Å². The first-order valence-electron chi connectivity index (χ1n) is 6.61. The van der Waals surface area contributed by atoms with Crippen molar-refractivity contribution in [1.29, 1.82) is 5.26 Å². The first kappa shape index (κ1) is 13.9. The Morgan fingerprint density at radius 3 is 2.68 bits per heavy atom. The van der Waals surface area contributed by atoms with Crippen molar-refractivity contribution >= 4 is 17.5 Å². The van der Waals surface area contributed by atoms with E-state index < -0.39 is 0 Å². The Labute approximate surface area is 118 Å². The van der Waals surface area contributed by atoms with Gasteiger partial charge in [0.1, 0.15) is 0 Å². The number of halogens is 1. The maximum Gasteiger partial charge on any atom is 0.222 e. The third-order valence-electron chi connectivity index (χ3n) is 3.60. The number of likely N-dealkylation sites (tertiary alicyclic amines) is 1. The summed E-state index contributed by atoms with van der Waals surface area (Å²) in [5.74, 6) is 0.281. The molecule has 0 spiro atoms. The minimum Gasteiger partial charge on any atom is -0.343 e. The van der Waals surface area contributed by atoms with Crippen LogP contribution in [0, 0.1) is 17.2 Å². The number of hydrogen-bond donors (Lipinski definition) is 0. The van der Waals surface area contributed by atoms with Gasteiger partial charge in [-0.3, -0.25) is 4.79 Å². The van der Waals surface area contributed by atoms with Crippen LogP contribution in [0.1, 0.15) is 24.8 Å². The summed E-state index contributed by atoms with van der Waals surface area (Å²) in [6.07, 6.45) is 2.76. The molecule has 1 amide bonds. The van der Waals surface area contributed by atoms with Crippen LogP contribution in [-0.2, 0) is 11.2 Å². The summed E-state index contributed by atoms with van der Waals surface area (Å²) in [6, 6.07) is 9.90. The molecule has 3 nitrogen and oxygen atoms in total. The lowest BCUT2D eigenvalue weighted by molar-refractivity contribution is -0.132. The quantitative estimate of drug-likeness (QED) is 0.852. The molecule has 0 radical (unpaired) electrons. The van der Waals surface area contributed by atoms with Crippen LogP contribution in [-0.4, -0.2) is 23.9 Å². The van der Waals surface area contributed by atoms with E-state index in [0.29, 0.717) is 25.9 Å². The maximum absolute atomic E-state index is 12.1. The van der Waals surface area contributed by atoms with Crippen LogP contribution in [0.5, 0.6) is 0 Å². The van der Waals surface area contributed by atoms with Gasteiger partial charge in [0, 0.05) is 30.5 Å². The fraction of sp³-hybridized carbons (Fsp3) is 0.467. The lowest BCUT2D eigenvalue weighted by Gasteiger charge is -2.29. The highest BCUT2D eigenvalue weighted by Crippen LogP contribution is 2.19. The minimum atomic E-state index is 0.118. The highest BCUT2D eigenvalue weighted by Gasteiger charge is 2.22. The van der Waals surface area contributed by atoms with E-state index in [1.807, 2.05) is 29.2 Å². The summed E-state index contributed by atoms with van der Waals surface area (Å²) < 4.78 is 0. The van der Waals surface area contributed by atoms with Gasteiger partial charge in [-0.15, -0.1) is 0 Å². The second kappa shape index (κ2) is 6.58. The van der Waals surface area contributed by atoms with Gasteiger partial charge in [0.25, 0.3) is 0 Å². The van der Waals surface area contributed by atoms with E-state index in [0.717, 1.165) is 23.4 Å². The summed E-state index contributed by atoms with van der Waals surface area (Å²) in [5.41, 5.74) is 1.02. The molecule has 1 saturated heterocycles. The molecular formula is C15H17ClN2O. The molecule has 0 unspecified atom stereocenters. The van der Waals surface area contributed by atoms with Crippen LogP contribution in [0.4, 0.5) is 0 Å². The first-order chi connectivity index (χ1) is 9.20. The molecule has 0 bridgehead atoms. The number of carbonyl (C=O) groups is 1. The Bertz CT molecular complexity index is 487. The standard InChI is InChI=1S/C15H17ClN2O/c16-14-4-2-1-3-13(14)5-6-15(19)18-9-7-12(11-17)8-10-18/h1-4,12H,5-10H2. The zero-order chi connectivity index (χ0) is 13.7. The van der Waals surface area contributed by atoms with Gasteiger partial charge in [-0.05, 0) is 30.9 Å². The fourth-order valence-electron chi connectivity index (χ4n) is 2.36. The third-order valence-corrected chi connectivity index (χ3v) is 3.97. The van der Waals surface area contributed by atoms with Crippen molar-refractivity contribution in [3.8, 4) is 6.07 Å². The molecule has 1 aromatic rings. The van der Waals surface area contributed by atoms with Crippen molar-refractivity contribution in [1.82, 2.24) is 4.90 Å². The van der Waals surface area contributed by atoms with Crippen molar-refractivity contribution < 1.29 is 4.79 Å². The normalized spacial score (nSPS) is 16.1. The molecule has 1 fully saturated rings. The summed E-state index contributed by atoms with van der Waals surface area (Å²) in [4.78, 5) is 13.9. The molecule has 2 rings (SSSR count). The van der Waals surface area contributed by atoms with Gasteiger partial charge in [0.15, 0.2) is 0 Å². The molecule has 1 aromatic carbocycles. The van der Waals surface area contributed by atoms with Crippen LogP contribution in [0.25, 0.3) is 0 Å². The lowest BCUT2D eigenvalue weighted by Crippen LogP contribution is -2.38. The predicted molar refractivity (Wildman–Crippen MR) is 74.7 cm³/mol. The lowest BCUT2D eigenvalue weighted by atomic mass is 9.98. The first-order valence-corrected chi connectivity index (χ1v) is 6.99. The highest BCUT2D eigenvalue weighted by molar-refractivity contribution is 6.31. The number of amides is 1. The summed E-state index contributed by atoms with van der Waals surface area (Å²) in [7, 11) is 0. The Hall–Kier alpha value is -1.53. The monoisotopic (exact) mass is 276 g/mol. The molecule has 0 saturated carbocycles. The van der Waals surface area contributed by atoms with Gasteiger partial charge in [0.05, 0.1) is 6.07 Å². The van der Waals surface area contributed by atoms with Gasteiger partial charge in [-0.2, -0.15) is 5.26 Å². The maximum atomic E-state index is 12.1. The van der Waals surface area contributed by atoms with Crippen LogP contribution in [0.3, 0.4) is 0 Å². The van der Waals surface area contributed by atoms with Crippen molar-refractivity contribution in [2.45, 2.75) is 25.7 Å². The van der Waals surface area contributed by atoms with Crippen molar-refractivity contribution in [2.24, 2.45) is 5.92 Å². The molecule has 0 aromatic heterocycles. The molecule has 0 N–H and O–H groups in total. The average Bonchev–Trinajstić information content (AvgIpc) is 2.46. The third kappa shape index (κ3) is 3.71. The van der Waals surface area contributed by atoms with Crippen molar-refractivity contribution in [3.05, 3.63) is 34.9 Å². The minimum absolute atomic E-state index is 0.118. The second-order valence-corrected chi connectivity index (χ2v) is 5.28. The molecule has 100 valence electrons. The van der Waals surface area contributed by atoms with Gasteiger partial charge in [0.2, 0.25) is 5.91 Å². The molecule has 19 heavy (non-hydrogen) atoms.